The zero-order valence-corrected chi connectivity index (χ0v) is 19.1. The minimum atomic E-state index is 0.496. The van der Waals surface area contributed by atoms with Crippen LogP contribution < -0.4 is 5.32 Å². The van der Waals surface area contributed by atoms with Crippen LogP contribution in [-0.4, -0.2) is 30.1 Å². The molecule has 3 aliphatic rings. The molecule has 1 N–H and O–H groups in total. The van der Waals surface area contributed by atoms with E-state index in [-0.39, 0.29) is 0 Å². The summed E-state index contributed by atoms with van der Waals surface area (Å²) < 4.78 is 0. The summed E-state index contributed by atoms with van der Waals surface area (Å²) in [7, 11) is 0. The Bertz CT molecular complexity index is 1030. The fraction of sp³-hybridized carbons (Fsp3) is 0.333. The third kappa shape index (κ3) is 4.40. The van der Waals surface area contributed by atoms with Gasteiger partial charge in [-0.15, -0.1) is 0 Å². The lowest BCUT2D eigenvalue weighted by atomic mass is 9.76. The van der Waals surface area contributed by atoms with E-state index >= 15 is 0 Å². The average Bonchev–Trinajstić information content (AvgIpc) is 2.82. The summed E-state index contributed by atoms with van der Waals surface area (Å²) in [6.07, 6.45) is 3.61. The van der Waals surface area contributed by atoms with E-state index in [2.05, 4.69) is 70.9 Å². The van der Waals surface area contributed by atoms with E-state index in [1.807, 2.05) is 12.1 Å². The topological polar surface area (TPSA) is 15.3 Å². The Morgan fingerprint density at radius 2 is 1.52 bits per heavy atom. The molecule has 2 bridgehead atoms. The van der Waals surface area contributed by atoms with Crippen molar-refractivity contribution in [1.29, 1.82) is 0 Å². The monoisotopic (exact) mass is 450 g/mol. The Kier molecular flexibility index (Phi) is 6.34. The number of nitrogens with zero attached hydrogens (tertiary/aromatic N) is 1. The molecule has 0 radical (unpaired) electrons. The molecular formula is C27H28Cl2N2. The van der Waals surface area contributed by atoms with Gasteiger partial charge in [-0.05, 0) is 61.0 Å². The van der Waals surface area contributed by atoms with Crippen molar-refractivity contribution in [2.45, 2.75) is 37.9 Å². The number of fused-ring (bicyclic) bond motifs is 3. The molecule has 3 aliphatic heterocycles. The number of hydrogen-bond acceptors (Lipinski definition) is 2. The van der Waals surface area contributed by atoms with E-state index in [1.54, 1.807) is 0 Å². The molecule has 2 atom stereocenters. The van der Waals surface area contributed by atoms with Crippen molar-refractivity contribution < 1.29 is 0 Å². The molecule has 6 rings (SSSR count). The van der Waals surface area contributed by atoms with Gasteiger partial charge in [-0.1, -0.05) is 89.9 Å². The van der Waals surface area contributed by atoms with E-state index < -0.39 is 0 Å². The number of rotatable bonds is 6. The molecule has 160 valence electrons. The largest absolute Gasteiger partial charge is 0.308 e. The second-order valence-corrected chi connectivity index (χ2v) is 9.58. The van der Waals surface area contributed by atoms with Gasteiger partial charge in [0.1, 0.15) is 0 Å². The molecule has 3 aromatic rings. The van der Waals surface area contributed by atoms with Gasteiger partial charge in [0.05, 0.1) is 10.0 Å². The van der Waals surface area contributed by atoms with Gasteiger partial charge in [-0.2, -0.15) is 0 Å². The van der Waals surface area contributed by atoms with Crippen LogP contribution in [0.15, 0.2) is 72.8 Å². The molecule has 3 aromatic carbocycles. The Labute approximate surface area is 195 Å². The molecule has 0 spiro atoms. The van der Waals surface area contributed by atoms with Crippen LogP contribution in [0.3, 0.4) is 0 Å². The maximum atomic E-state index is 6.60. The fourth-order valence-electron chi connectivity index (χ4n) is 5.44. The summed E-state index contributed by atoms with van der Waals surface area (Å²) in [5.41, 5.74) is 4.91. The van der Waals surface area contributed by atoms with Gasteiger partial charge in [-0.25, -0.2) is 0 Å². The maximum Gasteiger partial charge on any atom is 0.0670 e. The number of hydrogen-bond donors (Lipinski definition) is 1. The highest BCUT2D eigenvalue weighted by Crippen LogP contribution is 2.38. The van der Waals surface area contributed by atoms with Gasteiger partial charge >= 0.3 is 0 Å². The summed E-state index contributed by atoms with van der Waals surface area (Å²) in [5.74, 6) is 0.751. The number of nitrogens with one attached hydrogen (secondary N) is 1. The van der Waals surface area contributed by atoms with Crippen molar-refractivity contribution in [2.24, 2.45) is 5.92 Å². The Hall–Kier alpha value is -1.84. The van der Waals surface area contributed by atoms with E-state index in [0.717, 1.165) is 24.4 Å². The summed E-state index contributed by atoms with van der Waals surface area (Å²) >= 11 is 12.9. The van der Waals surface area contributed by atoms with Gasteiger partial charge in [0.15, 0.2) is 0 Å². The quantitative estimate of drug-likeness (QED) is 0.463. The minimum absolute atomic E-state index is 0.496. The van der Waals surface area contributed by atoms with Gasteiger partial charge in [0.2, 0.25) is 0 Å². The van der Waals surface area contributed by atoms with Gasteiger partial charge in [-0.3, -0.25) is 4.90 Å². The lowest BCUT2D eigenvalue weighted by Gasteiger charge is -2.51. The molecule has 3 saturated heterocycles. The van der Waals surface area contributed by atoms with E-state index in [4.69, 9.17) is 23.2 Å². The van der Waals surface area contributed by atoms with Gasteiger partial charge < -0.3 is 5.32 Å². The molecule has 2 nitrogen and oxygen atoms in total. The normalized spacial score (nSPS) is 25.0. The molecule has 0 saturated carbocycles. The van der Waals surface area contributed by atoms with Crippen LogP contribution in [0.2, 0.25) is 10.0 Å². The second-order valence-electron chi connectivity index (χ2n) is 8.80. The first-order chi connectivity index (χ1) is 15.2. The first-order valence-electron chi connectivity index (χ1n) is 11.2. The molecule has 31 heavy (non-hydrogen) atoms. The van der Waals surface area contributed by atoms with E-state index in [0.29, 0.717) is 22.1 Å². The van der Waals surface area contributed by atoms with Crippen molar-refractivity contribution >= 4 is 23.2 Å². The van der Waals surface area contributed by atoms with Crippen LogP contribution in [0, 0.1) is 5.92 Å². The fourth-order valence-corrected chi connectivity index (χ4v) is 5.84. The van der Waals surface area contributed by atoms with Crippen LogP contribution >= 0.6 is 23.2 Å². The maximum absolute atomic E-state index is 6.60. The number of halogens is 2. The van der Waals surface area contributed by atoms with Crippen LogP contribution in [0.25, 0.3) is 11.1 Å². The molecule has 0 aromatic heterocycles. The van der Waals surface area contributed by atoms with Crippen LogP contribution in [0.1, 0.15) is 24.0 Å². The minimum Gasteiger partial charge on any atom is -0.308 e. The van der Waals surface area contributed by atoms with Crippen LogP contribution in [-0.2, 0) is 13.0 Å². The van der Waals surface area contributed by atoms with Crippen LogP contribution in [0.5, 0.6) is 0 Å². The van der Waals surface area contributed by atoms with Crippen LogP contribution in [0.4, 0.5) is 0 Å². The van der Waals surface area contributed by atoms with Gasteiger partial charge in [0, 0.05) is 24.2 Å². The third-order valence-corrected chi connectivity index (χ3v) is 7.86. The van der Waals surface area contributed by atoms with Crippen molar-refractivity contribution in [3.05, 3.63) is 94.0 Å². The lowest BCUT2D eigenvalue weighted by Crippen LogP contribution is -2.63. The number of piperidine rings is 3. The van der Waals surface area contributed by atoms with E-state index in [1.165, 1.54) is 42.6 Å². The summed E-state index contributed by atoms with van der Waals surface area (Å²) in [4.78, 5) is 2.69. The standard InChI is InChI=1S/C27H28Cl2N2/c28-24-12-6-11-23(26(24)29)22-10-5-4-9-21(22)17-25-27(20-13-15-31(25)16-14-20)30-18-19-7-2-1-3-8-19/h1-12,20,25,27,30H,13-18H2. The highest BCUT2D eigenvalue weighted by atomic mass is 35.5. The molecule has 4 heteroatoms. The molecule has 0 aliphatic carbocycles. The zero-order valence-electron chi connectivity index (χ0n) is 17.6. The second kappa shape index (κ2) is 9.34. The van der Waals surface area contributed by atoms with Crippen molar-refractivity contribution in [2.75, 3.05) is 13.1 Å². The Balaban J connectivity index is 1.42. The van der Waals surface area contributed by atoms with Crippen molar-refractivity contribution in [1.82, 2.24) is 10.2 Å². The molecular weight excluding hydrogens is 423 g/mol. The summed E-state index contributed by atoms with van der Waals surface area (Å²) in [5, 5.41) is 5.18. The third-order valence-electron chi connectivity index (χ3n) is 7.04. The smallest absolute Gasteiger partial charge is 0.0670 e. The molecule has 2 unspecified atom stereocenters. The average molecular weight is 451 g/mol. The molecule has 3 heterocycles. The van der Waals surface area contributed by atoms with E-state index in [9.17, 15) is 0 Å². The van der Waals surface area contributed by atoms with Gasteiger partial charge in [0.25, 0.3) is 0 Å². The molecule has 3 fully saturated rings. The predicted molar refractivity (Wildman–Crippen MR) is 131 cm³/mol. The Morgan fingerprint density at radius 1 is 0.806 bits per heavy atom. The highest BCUT2D eigenvalue weighted by Gasteiger charge is 2.41. The summed E-state index contributed by atoms with van der Waals surface area (Å²) in [6.45, 7) is 3.34. The predicted octanol–water partition coefficient (Wildman–Crippen LogP) is 6.46. The van der Waals surface area contributed by atoms with Crippen molar-refractivity contribution in [3.8, 4) is 11.1 Å². The molecule has 0 amide bonds. The summed E-state index contributed by atoms with van der Waals surface area (Å²) in [6, 6.07) is 26.3. The number of benzene rings is 3. The highest BCUT2D eigenvalue weighted by molar-refractivity contribution is 6.43. The SMILES string of the molecule is Clc1cccc(-c2ccccc2CC2C(NCc3ccccc3)C3CCN2CC3)c1Cl. The first-order valence-corrected chi connectivity index (χ1v) is 12.0. The van der Waals surface area contributed by atoms with Crippen molar-refractivity contribution in [3.63, 3.8) is 0 Å². The lowest BCUT2D eigenvalue weighted by molar-refractivity contribution is 0.0127. The zero-order chi connectivity index (χ0) is 21.2. The Morgan fingerprint density at radius 3 is 2.32 bits per heavy atom. The first kappa shape index (κ1) is 21.0.